The van der Waals surface area contributed by atoms with E-state index in [9.17, 15) is 4.79 Å². The van der Waals surface area contributed by atoms with E-state index >= 15 is 0 Å². The number of carbonyl (C=O) groups is 1. The van der Waals surface area contributed by atoms with Crippen LogP contribution in [0.4, 0.5) is 0 Å². The van der Waals surface area contributed by atoms with Gasteiger partial charge in [0.1, 0.15) is 5.76 Å². The second-order valence-corrected chi connectivity index (χ2v) is 5.99. The molecule has 2 heterocycles. The lowest BCUT2D eigenvalue weighted by atomic mass is 10.2. The molecule has 2 N–H and O–H groups in total. The van der Waals surface area contributed by atoms with Gasteiger partial charge in [-0.1, -0.05) is 6.07 Å². The average molecular weight is 323 g/mol. The molecular weight excluding hydrogens is 302 g/mol. The van der Waals surface area contributed by atoms with Crippen molar-refractivity contribution in [2.45, 2.75) is 26.4 Å². The minimum atomic E-state index is -0.392. The van der Waals surface area contributed by atoms with Crippen molar-refractivity contribution in [3.8, 4) is 10.8 Å². The number of ether oxygens (including phenoxy) is 1. The van der Waals surface area contributed by atoms with E-state index < -0.39 is 6.04 Å². The Kier molecular flexibility index (Phi) is 5.70. The molecule has 0 saturated carbocycles. The molecule has 7 heteroatoms. The number of thiophene rings is 1. The molecule has 2 rings (SSSR count). The Labute approximate surface area is 133 Å². The van der Waals surface area contributed by atoms with E-state index in [0.29, 0.717) is 25.6 Å². The highest BCUT2D eigenvalue weighted by Crippen LogP contribution is 2.26. The van der Waals surface area contributed by atoms with Crippen molar-refractivity contribution in [1.82, 2.24) is 9.88 Å². The number of nitrogens with two attached hydrogens (primary N) is 1. The van der Waals surface area contributed by atoms with Crippen LogP contribution in [0, 0.1) is 6.92 Å². The minimum Gasteiger partial charge on any atom is -0.440 e. The first-order valence-corrected chi connectivity index (χ1v) is 7.93. The van der Waals surface area contributed by atoms with E-state index in [2.05, 4.69) is 4.98 Å². The molecule has 0 spiro atoms. The van der Waals surface area contributed by atoms with E-state index in [1.165, 1.54) is 0 Å². The predicted octanol–water partition coefficient (Wildman–Crippen LogP) is 2.03. The van der Waals surface area contributed by atoms with E-state index in [4.69, 9.17) is 14.9 Å². The summed E-state index contributed by atoms with van der Waals surface area (Å²) in [6.45, 7) is 5.28. The lowest BCUT2D eigenvalue weighted by Gasteiger charge is -2.25. The molecule has 2 aromatic heterocycles. The number of hydrogen-bond donors (Lipinski definition) is 1. The first-order valence-electron chi connectivity index (χ1n) is 7.05. The fraction of sp³-hybridized carbons (Fsp3) is 0.467. The van der Waals surface area contributed by atoms with E-state index in [0.717, 1.165) is 16.3 Å². The molecule has 1 amide bonds. The molecule has 2 aromatic rings. The average Bonchev–Trinajstić information content (AvgIpc) is 3.12. The van der Waals surface area contributed by atoms with E-state index in [1.54, 1.807) is 25.4 Å². The highest BCUT2D eigenvalue weighted by molar-refractivity contribution is 7.13. The molecule has 22 heavy (non-hydrogen) atoms. The van der Waals surface area contributed by atoms with Gasteiger partial charge in [-0.2, -0.15) is 0 Å². The second-order valence-electron chi connectivity index (χ2n) is 5.04. The number of nitrogens with zero attached hydrogens (tertiary/aromatic N) is 2. The highest BCUT2D eigenvalue weighted by atomic mass is 32.1. The lowest BCUT2D eigenvalue weighted by Crippen LogP contribution is -2.43. The molecule has 0 saturated heterocycles. The molecular formula is C15H21N3O3S. The number of carbonyl (C=O) groups excluding carboxylic acids is 1. The van der Waals surface area contributed by atoms with Crippen LogP contribution in [-0.2, 0) is 16.1 Å². The molecule has 0 aliphatic rings. The zero-order chi connectivity index (χ0) is 16.1. The smallest absolute Gasteiger partial charge is 0.236 e. The monoisotopic (exact) mass is 323 g/mol. The summed E-state index contributed by atoms with van der Waals surface area (Å²) in [5.74, 6) is 0.999. The van der Waals surface area contributed by atoms with Crippen molar-refractivity contribution in [1.29, 1.82) is 0 Å². The standard InChI is InChI=1S/C15H21N3O3S/c1-10(14(16)19)18(6-7-20-3)9-12-11(2)21-15(17-12)13-5-4-8-22-13/h4-5,8,10H,6-7,9H2,1-3H3,(H2,16,19). The molecule has 1 unspecified atom stereocenters. The molecule has 0 bridgehead atoms. The fourth-order valence-corrected chi connectivity index (χ4v) is 2.72. The number of rotatable bonds is 8. The first-order chi connectivity index (χ1) is 10.5. The molecule has 6 nitrogen and oxygen atoms in total. The quantitative estimate of drug-likeness (QED) is 0.804. The van der Waals surface area contributed by atoms with Gasteiger partial charge < -0.3 is 14.9 Å². The van der Waals surface area contributed by atoms with Gasteiger partial charge in [0.2, 0.25) is 11.8 Å². The van der Waals surface area contributed by atoms with Crippen LogP contribution in [0.25, 0.3) is 10.8 Å². The minimum absolute atomic E-state index is 0.365. The van der Waals surface area contributed by atoms with Crippen molar-refractivity contribution in [3.05, 3.63) is 29.0 Å². The van der Waals surface area contributed by atoms with Crippen LogP contribution in [0.15, 0.2) is 21.9 Å². The lowest BCUT2D eigenvalue weighted by molar-refractivity contribution is -0.123. The summed E-state index contributed by atoms with van der Waals surface area (Å²) in [7, 11) is 1.63. The van der Waals surface area contributed by atoms with Gasteiger partial charge in [-0.05, 0) is 25.3 Å². The van der Waals surface area contributed by atoms with E-state index in [-0.39, 0.29) is 5.91 Å². The van der Waals surface area contributed by atoms with Crippen LogP contribution in [0.1, 0.15) is 18.4 Å². The Balaban J connectivity index is 2.17. The summed E-state index contributed by atoms with van der Waals surface area (Å²) in [5, 5.41) is 1.98. The Bertz CT molecular complexity index is 610. The Morgan fingerprint density at radius 1 is 1.59 bits per heavy atom. The summed E-state index contributed by atoms with van der Waals surface area (Å²) < 4.78 is 10.8. The van der Waals surface area contributed by atoms with Gasteiger partial charge in [0.05, 0.1) is 23.2 Å². The summed E-state index contributed by atoms with van der Waals surface area (Å²) >= 11 is 1.58. The van der Waals surface area contributed by atoms with Crippen LogP contribution in [0.2, 0.25) is 0 Å². The normalized spacial score (nSPS) is 12.7. The predicted molar refractivity (Wildman–Crippen MR) is 85.5 cm³/mol. The van der Waals surface area contributed by atoms with Gasteiger partial charge >= 0.3 is 0 Å². The van der Waals surface area contributed by atoms with E-state index in [1.807, 2.05) is 29.3 Å². The Morgan fingerprint density at radius 2 is 2.36 bits per heavy atom. The molecule has 1 atom stereocenters. The van der Waals surface area contributed by atoms with Crippen LogP contribution < -0.4 is 5.73 Å². The van der Waals surface area contributed by atoms with Gasteiger partial charge in [-0.3, -0.25) is 9.69 Å². The molecule has 120 valence electrons. The topological polar surface area (TPSA) is 81.6 Å². The van der Waals surface area contributed by atoms with Gasteiger partial charge in [-0.15, -0.1) is 11.3 Å². The zero-order valence-electron chi connectivity index (χ0n) is 13.0. The van der Waals surface area contributed by atoms with Crippen molar-refractivity contribution >= 4 is 17.2 Å². The summed E-state index contributed by atoms with van der Waals surface area (Å²) in [6.07, 6.45) is 0. The van der Waals surface area contributed by atoms with Crippen molar-refractivity contribution < 1.29 is 13.9 Å². The van der Waals surface area contributed by atoms with Gasteiger partial charge in [0, 0.05) is 20.2 Å². The Morgan fingerprint density at radius 3 is 2.95 bits per heavy atom. The molecule has 0 radical (unpaired) electrons. The van der Waals surface area contributed by atoms with Crippen LogP contribution in [-0.4, -0.2) is 42.1 Å². The van der Waals surface area contributed by atoms with Crippen molar-refractivity contribution in [3.63, 3.8) is 0 Å². The maximum Gasteiger partial charge on any atom is 0.236 e. The number of methoxy groups -OCH3 is 1. The number of hydrogen-bond acceptors (Lipinski definition) is 6. The molecule has 0 aromatic carbocycles. The summed E-state index contributed by atoms with van der Waals surface area (Å²) in [5.41, 5.74) is 6.23. The number of aryl methyl sites for hydroxylation is 1. The maximum absolute atomic E-state index is 11.5. The summed E-state index contributed by atoms with van der Waals surface area (Å²) in [4.78, 5) is 18.9. The third kappa shape index (κ3) is 3.94. The van der Waals surface area contributed by atoms with Crippen LogP contribution >= 0.6 is 11.3 Å². The number of amides is 1. The largest absolute Gasteiger partial charge is 0.440 e. The van der Waals surface area contributed by atoms with Crippen LogP contribution in [0.3, 0.4) is 0 Å². The molecule has 0 fully saturated rings. The number of aromatic nitrogens is 1. The summed E-state index contributed by atoms with van der Waals surface area (Å²) in [6, 6.07) is 3.53. The van der Waals surface area contributed by atoms with Gasteiger partial charge in [-0.25, -0.2) is 4.98 Å². The third-order valence-electron chi connectivity index (χ3n) is 3.52. The van der Waals surface area contributed by atoms with Crippen molar-refractivity contribution in [2.75, 3.05) is 20.3 Å². The maximum atomic E-state index is 11.5. The highest BCUT2D eigenvalue weighted by Gasteiger charge is 2.22. The SMILES string of the molecule is COCCN(Cc1nc(-c2cccs2)oc1C)C(C)C(N)=O. The Hall–Kier alpha value is -1.70. The third-order valence-corrected chi connectivity index (χ3v) is 4.38. The van der Waals surface area contributed by atoms with Crippen molar-refractivity contribution in [2.24, 2.45) is 5.73 Å². The zero-order valence-corrected chi connectivity index (χ0v) is 13.9. The van der Waals surface area contributed by atoms with Crippen LogP contribution in [0.5, 0.6) is 0 Å². The number of oxazole rings is 1. The fourth-order valence-electron chi connectivity index (χ4n) is 2.07. The molecule has 0 aliphatic carbocycles. The first kappa shape index (κ1) is 16.7. The van der Waals surface area contributed by atoms with Gasteiger partial charge in [0.15, 0.2) is 0 Å². The second kappa shape index (κ2) is 7.53. The molecule has 0 aliphatic heterocycles. The van der Waals surface area contributed by atoms with Gasteiger partial charge in [0.25, 0.3) is 0 Å². The number of primary amides is 1.